The van der Waals surface area contributed by atoms with Crippen LogP contribution < -0.4 is 10.9 Å². The Balaban J connectivity index is 1.72. The summed E-state index contributed by atoms with van der Waals surface area (Å²) < 4.78 is 41.6. The van der Waals surface area contributed by atoms with Crippen molar-refractivity contribution in [3.05, 3.63) is 52.3 Å². The quantitative estimate of drug-likeness (QED) is 0.842. The minimum Gasteiger partial charge on any atom is -0.309 e. The molecule has 2 N–H and O–H groups in total. The number of carbonyl (C=O) groups excluding carboxylic acids is 1. The first-order valence-electron chi connectivity index (χ1n) is 8.36. The first-order valence-corrected chi connectivity index (χ1v) is 8.36. The van der Waals surface area contributed by atoms with Gasteiger partial charge in [0.1, 0.15) is 11.6 Å². The molecular weight excluding hydrogens is 363 g/mol. The molecule has 1 aliphatic heterocycles. The van der Waals surface area contributed by atoms with Crippen LogP contribution in [0.4, 0.5) is 19.0 Å². The summed E-state index contributed by atoms with van der Waals surface area (Å²) in [5, 5.41) is 8.43. The second-order valence-electron chi connectivity index (χ2n) is 6.43. The molecule has 0 aromatic carbocycles. The molecule has 1 saturated heterocycles. The third-order valence-electron chi connectivity index (χ3n) is 4.62. The van der Waals surface area contributed by atoms with Crippen LogP contribution in [0.25, 0.3) is 0 Å². The molecule has 0 spiro atoms. The topological polar surface area (TPSA) is 91.0 Å². The van der Waals surface area contributed by atoms with Crippen LogP contribution in [0.15, 0.2) is 35.3 Å². The molecule has 2 atom stereocenters. The average molecular weight is 381 g/mol. The van der Waals surface area contributed by atoms with E-state index in [2.05, 4.69) is 20.5 Å². The van der Waals surface area contributed by atoms with Crippen LogP contribution in [0.5, 0.6) is 0 Å². The summed E-state index contributed by atoms with van der Waals surface area (Å²) in [5.74, 6) is -5.05. The largest absolute Gasteiger partial charge is 0.309 e. The number of alkyl halides is 2. The van der Waals surface area contributed by atoms with Gasteiger partial charge in [-0.25, -0.2) is 23.3 Å². The minimum atomic E-state index is -3.00. The van der Waals surface area contributed by atoms with E-state index >= 15 is 0 Å². The fourth-order valence-electron chi connectivity index (χ4n) is 2.98. The Morgan fingerprint density at radius 3 is 2.78 bits per heavy atom. The van der Waals surface area contributed by atoms with Gasteiger partial charge in [0.15, 0.2) is 0 Å². The number of likely N-dealkylation sites (tertiary alicyclic amines) is 1. The lowest BCUT2D eigenvalue weighted by Crippen LogP contribution is -2.52. The molecule has 2 aromatic rings. The molecule has 7 nitrogen and oxygen atoms in total. The highest BCUT2D eigenvalue weighted by Gasteiger charge is 2.47. The van der Waals surface area contributed by atoms with Crippen LogP contribution >= 0.6 is 0 Å². The summed E-state index contributed by atoms with van der Waals surface area (Å²) in [6, 6.07) is 4.18. The number of pyridine rings is 1. The lowest BCUT2D eigenvalue weighted by molar-refractivity contribution is -0.125. The first-order chi connectivity index (χ1) is 12.8. The van der Waals surface area contributed by atoms with Crippen LogP contribution in [0.1, 0.15) is 25.0 Å². The standard InChI is InChI=1S/C17H18F3N5O2/c1-10(16(27)22-14-4-2-11(18)8-21-14)25-7-6-17(19,20)12(9-25)13-3-5-15(26)24-23-13/h2-5,8,10,12H,6-7,9H2,1H3,(H,24,26)(H,21,22,27). The number of hydrogen-bond acceptors (Lipinski definition) is 5. The molecule has 144 valence electrons. The van der Waals surface area contributed by atoms with Crippen LogP contribution in [0.2, 0.25) is 0 Å². The number of amides is 1. The summed E-state index contributed by atoms with van der Waals surface area (Å²) in [5.41, 5.74) is -0.411. The van der Waals surface area contributed by atoms with E-state index in [1.807, 2.05) is 0 Å². The molecule has 10 heteroatoms. The second-order valence-corrected chi connectivity index (χ2v) is 6.43. The number of rotatable bonds is 4. The number of hydrogen-bond donors (Lipinski definition) is 2. The van der Waals surface area contributed by atoms with Crippen molar-refractivity contribution in [3.63, 3.8) is 0 Å². The lowest BCUT2D eigenvalue weighted by atomic mass is 9.89. The molecule has 0 saturated carbocycles. The zero-order valence-electron chi connectivity index (χ0n) is 14.5. The highest BCUT2D eigenvalue weighted by molar-refractivity contribution is 5.93. The molecule has 27 heavy (non-hydrogen) atoms. The van der Waals surface area contributed by atoms with Crippen molar-refractivity contribution in [1.82, 2.24) is 20.1 Å². The minimum absolute atomic E-state index is 0.0261. The van der Waals surface area contributed by atoms with Gasteiger partial charge in [-0.2, -0.15) is 5.10 Å². The number of piperidine rings is 1. The van der Waals surface area contributed by atoms with Gasteiger partial charge in [-0.3, -0.25) is 14.5 Å². The average Bonchev–Trinajstić information content (AvgIpc) is 2.64. The van der Waals surface area contributed by atoms with Crippen molar-refractivity contribution < 1.29 is 18.0 Å². The van der Waals surface area contributed by atoms with Crippen molar-refractivity contribution in [2.75, 3.05) is 18.4 Å². The maximum atomic E-state index is 14.4. The number of aromatic amines is 1. The highest BCUT2D eigenvalue weighted by Crippen LogP contribution is 2.39. The molecule has 0 bridgehead atoms. The molecule has 1 fully saturated rings. The Bertz CT molecular complexity index is 851. The molecule has 0 aliphatic carbocycles. The smallest absolute Gasteiger partial charge is 0.264 e. The molecular formula is C17H18F3N5O2. The molecule has 1 aliphatic rings. The van der Waals surface area contributed by atoms with Crippen LogP contribution in [-0.2, 0) is 4.79 Å². The monoisotopic (exact) mass is 381 g/mol. The normalized spacial score (nSPS) is 20.8. The predicted octanol–water partition coefficient (Wildman–Crippen LogP) is 1.76. The maximum Gasteiger partial charge on any atom is 0.264 e. The van der Waals surface area contributed by atoms with E-state index in [-0.39, 0.29) is 24.6 Å². The van der Waals surface area contributed by atoms with Gasteiger partial charge in [0.25, 0.3) is 11.5 Å². The van der Waals surface area contributed by atoms with E-state index in [0.717, 1.165) is 18.3 Å². The molecule has 0 radical (unpaired) electrons. The third-order valence-corrected chi connectivity index (χ3v) is 4.62. The SMILES string of the molecule is CC(C(=O)Nc1ccc(F)cn1)N1CCC(F)(F)C(c2ccc(=O)[nH]n2)C1. The van der Waals surface area contributed by atoms with Gasteiger partial charge >= 0.3 is 0 Å². The Labute approximate surface area is 152 Å². The van der Waals surface area contributed by atoms with Crippen molar-refractivity contribution >= 4 is 11.7 Å². The molecule has 1 amide bonds. The zero-order valence-corrected chi connectivity index (χ0v) is 14.5. The van der Waals surface area contributed by atoms with Crippen LogP contribution in [0.3, 0.4) is 0 Å². The van der Waals surface area contributed by atoms with E-state index in [1.165, 1.54) is 12.1 Å². The van der Waals surface area contributed by atoms with E-state index in [1.54, 1.807) is 11.8 Å². The number of anilines is 1. The predicted molar refractivity (Wildman–Crippen MR) is 91.0 cm³/mol. The van der Waals surface area contributed by atoms with E-state index < -0.39 is 41.6 Å². The van der Waals surface area contributed by atoms with E-state index in [0.29, 0.717) is 0 Å². The fourth-order valence-corrected chi connectivity index (χ4v) is 2.98. The Morgan fingerprint density at radius 1 is 1.37 bits per heavy atom. The third kappa shape index (κ3) is 4.33. The zero-order chi connectivity index (χ0) is 19.6. The van der Waals surface area contributed by atoms with Gasteiger partial charge in [0.05, 0.1) is 23.9 Å². The van der Waals surface area contributed by atoms with Gasteiger partial charge in [0.2, 0.25) is 5.91 Å². The van der Waals surface area contributed by atoms with Gasteiger partial charge in [-0.05, 0) is 25.1 Å². The summed E-state index contributed by atoms with van der Waals surface area (Å²) >= 11 is 0. The molecule has 2 unspecified atom stereocenters. The van der Waals surface area contributed by atoms with Gasteiger partial charge < -0.3 is 5.32 Å². The summed E-state index contributed by atoms with van der Waals surface area (Å²) in [6.07, 6.45) is 0.532. The van der Waals surface area contributed by atoms with Gasteiger partial charge in [0, 0.05) is 25.6 Å². The Hall–Kier alpha value is -2.75. The van der Waals surface area contributed by atoms with Crippen molar-refractivity contribution in [2.45, 2.75) is 31.2 Å². The Morgan fingerprint density at radius 2 is 2.15 bits per heavy atom. The maximum absolute atomic E-state index is 14.4. The Kier molecular flexibility index (Phi) is 5.26. The number of H-pyrrole nitrogens is 1. The van der Waals surface area contributed by atoms with E-state index in [9.17, 15) is 22.8 Å². The summed E-state index contributed by atoms with van der Waals surface area (Å²) in [6.45, 7) is 1.52. The summed E-state index contributed by atoms with van der Waals surface area (Å²) in [4.78, 5) is 28.9. The van der Waals surface area contributed by atoms with Gasteiger partial charge in [-0.1, -0.05) is 0 Å². The van der Waals surface area contributed by atoms with E-state index in [4.69, 9.17) is 0 Å². The first kappa shape index (κ1) is 19.0. The van der Waals surface area contributed by atoms with Gasteiger partial charge in [-0.15, -0.1) is 0 Å². The molecule has 2 aromatic heterocycles. The number of carbonyl (C=O) groups is 1. The van der Waals surface area contributed by atoms with Crippen LogP contribution in [0, 0.1) is 5.82 Å². The van der Waals surface area contributed by atoms with Crippen LogP contribution in [-0.4, -0.2) is 51.0 Å². The fraction of sp³-hybridized carbons (Fsp3) is 0.412. The van der Waals surface area contributed by atoms with Crippen molar-refractivity contribution in [2.24, 2.45) is 0 Å². The van der Waals surface area contributed by atoms with Crippen molar-refractivity contribution in [1.29, 1.82) is 0 Å². The highest BCUT2D eigenvalue weighted by atomic mass is 19.3. The number of halogens is 3. The van der Waals surface area contributed by atoms with Crippen molar-refractivity contribution in [3.8, 4) is 0 Å². The number of aromatic nitrogens is 3. The lowest BCUT2D eigenvalue weighted by Gasteiger charge is -2.40. The molecule has 3 heterocycles. The number of nitrogens with one attached hydrogen (secondary N) is 2. The number of nitrogens with zero attached hydrogens (tertiary/aromatic N) is 3. The molecule has 3 rings (SSSR count). The second kappa shape index (κ2) is 7.47. The summed E-state index contributed by atoms with van der Waals surface area (Å²) in [7, 11) is 0.